The number of benzene rings is 2. The zero-order chi connectivity index (χ0) is 21.1. The first kappa shape index (κ1) is 19.7. The lowest BCUT2D eigenvalue weighted by Crippen LogP contribution is -2.24. The third-order valence-corrected chi connectivity index (χ3v) is 4.26. The predicted molar refractivity (Wildman–Crippen MR) is 99.6 cm³/mol. The number of nitrogens with zero attached hydrogens (tertiary/aromatic N) is 1. The van der Waals surface area contributed by atoms with Gasteiger partial charge in [-0.05, 0) is 30.3 Å². The molecule has 0 saturated heterocycles. The smallest absolute Gasteiger partial charge is 0.339 e. The van der Waals surface area contributed by atoms with Crippen LogP contribution >= 0.6 is 0 Å². The van der Waals surface area contributed by atoms with Crippen LogP contribution < -0.4 is 5.32 Å². The quantitative estimate of drug-likeness (QED) is 0.601. The molecule has 0 fully saturated rings. The Morgan fingerprint density at radius 3 is 2.21 bits per heavy atom. The first-order valence-electron chi connectivity index (χ1n) is 8.44. The molecule has 0 atom stereocenters. The number of rotatable bonds is 5. The molecule has 0 spiro atoms. The molecule has 9 nitrogen and oxygen atoms in total. The zero-order valence-corrected chi connectivity index (χ0v) is 15.6. The van der Waals surface area contributed by atoms with Gasteiger partial charge in [-0.3, -0.25) is 19.3 Å². The van der Waals surface area contributed by atoms with Crippen molar-refractivity contribution in [1.82, 2.24) is 4.90 Å². The van der Waals surface area contributed by atoms with E-state index in [2.05, 4.69) is 10.1 Å². The van der Waals surface area contributed by atoms with Crippen molar-refractivity contribution in [1.29, 1.82) is 0 Å². The highest BCUT2D eigenvalue weighted by Crippen LogP contribution is 2.24. The van der Waals surface area contributed by atoms with Crippen LogP contribution in [0.4, 0.5) is 5.69 Å². The molecule has 0 aromatic heterocycles. The molecule has 29 heavy (non-hydrogen) atoms. The summed E-state index contributed by atoms with van der Waals surface area (Å²) in [6, 6.07) is 10.2. The van der Waals surface area contributed by atoms with E-state index in [0.29, 0.717) is 0 Å². The Hall–Kier alpha value is -4.01. The van der Waals surface area contributed by atoms with Gasteiger partial charge in [0.05, 0.1) is 29.4 Å². The van der Waals surface area contributed by atoms with E-state index in [1.54, 1.807) is 12.1 Å². The molecule has 3 amide bonds. The van der Waals surface area contributed by atoms with Gasteiger partial charge in [-0.2, -0.15) is 0 Å². The molecule has 0 bridgehead atoms. The minimum Gasteiger partial charge on any atom is -0.465 e. The topological polar surface area (TPSA) is 119 Å². The highest BCUT2D eigenvalue weighted by Gasteiger charge is 2.32. The fourth-order valence-corrected chi connectivity index (χ4v) is 2.79. The van der Waals surface area contributed by atoms with Crippen LogP contribution in [0.25, 0.3) is 0 Å². The summed E-state index contributed by atoms with van der Waals surface area (Å²) >= 11 is 0. The van der Waals surface area contributed by atoms with Crippen LogP contribution in [-0.2, 0) is 14.3 Å². The van der Waals surface area contributed by atoms with Gasteiger partial charge in [-0.15, -0.1) is 0 Å². The van der Waals surface area contributed by atoms with E-state index in [0.717, 1.165) is 4.90 Å². The van der Waals surface area contributed by atoms with Crippen LogP contribution in [-0.4, -0.2) is 55.3 Å². The summed E-state index contributed by atoms with van der Waals surface area (Å²) in [6.45, 7) is -0.613. The van der Waals surface area contributed by atoms with Gasteiger partial charge in [0.25, 0.3) is 17.7 Å². The fraction of sp³-hybridized carbons (Fsp3) is 0.150. The molecular weight excluding hydrogens is 380 g/mol. The molecule has 0 radical (unpaired) electrons. The molecule has 1 aliphatic rings. The van der Waals surface area contributed by atoms with Crippen molar-refractivity contribution >= 4 is 35.3 Å². The number of ether oxygens (including phenoxy) is 2. The number of carbonyl (C=O) groups is 5. The van der Waals surface area contributed by atoms with Crippen LogP contribution in [0, 0.1) is 0 Å². The Morgan fingerprint density at radius 1 is 0.931 bits per heavy atom. The molecule has 3 rings (SSSR count). The molecule has 148 valence electrons. The second-order valence-electron chi connectivity index (χ2n) is 6.09. The maximum absolute atomic E-state index is 12.2. The Balaban J connectivity index is 1.65. The molecule has 2 aromatic rings. The molecule has 2 aromatic carbocycles. The summed E-state index contributed by atoms with van der Waals surface area (Å²) in [6.07, 6.45) is 0. The van der Waals surface area contributed by atoms with Gasteiger partial charge in [-0.1, -0.05) is 12.1 Å². The van der Waals surface area contributed by atoms with Crippen molar-refractivity contribution in [3.8, 4) is 0 Å². The molecule has 9 heteroatoms. The van der Waals surface area contributed by atoms with E-state index in [-0.39, 0.29) is 27.9 Å². The average Bonchev–Trinajstić information content (AvgIpc) is 2.95. The molecule has 0 aliphatic carbocycles. The third-order valence-electron chi connectivity index (χ3n) is 4.26. The standard InChI is InChI=1S/C20H16N2O7/c1-22-17(24)12-8-7-11(9-15(12)18(22)25)21-16(23)10-29-20(27)14-6-4-3-5-13(14)19(26)28-2/h3-9H,10H2,1-2H3,(H,21,23). The maximum Gasteiger partial charge on any atom is 0.339 e. The summed E-state index contributed by atoms with van der Waals surface area (Å²) in [5.74, 6) is -3.10. The van der Waals surface area contributed by atoms with Crippen molar-refractivity contribution in [3.05, 3.63) is 64.7 Å². The number of hydrogen-bond acceptors (Lipinski definition) is 7. The van der Waals surface area contributed by atoms with Gasteiger partial charge in [0.1, 0.15) is 0 Å². The summed E-state index contributed by atoms with van der Waals surface area (Å²) in [5.41, 5.74) is 0.694. The third kappa shape index (κ3) is 3.84. The second kappa shape index (κ2) is 7.93. The summed E-state index contributed by atoms with van der Waals surface area (Å²) in [5, 5.41) is 2.49. The van der Waals surface area contributed by atoms with Crippen molar-refractivity contribution in [2.75, 3.05) is 26.1 Å². The number of nitrogens with one attached hydrogen (secondary N) is 1. The number of anilines is 1. The van der Waals surface area contributed by atoms with Gasteiger partial charge < -0.3 is 14.8 Å². The minimum absolute atomic E-state index is 0.0197. The lowest BCUT2D eigenvalue weighted by atomic mass is 10.1. The van der Waals surface area contributed by atoms with E-state index >= 15 is 0 Å². The number of imide groups is 1. The molecule has 1 heterocycles. The summed E-state index contributed by atoms with van der Waals surface area (Å²) in [7, 11) is 2.55. The Kier molecular flexibility index (Phi) is 5.40. The Morgan fingerprint density at radius 2 is 1.55 bits per heavy atom. The highest BCUT2D eigenvalue weighted by atomic mass is 16.5. The predicted octanol–water partition coefficient (Wildman–Crippen LogP) is 1.49. The van der Waals surface area contributed by atoms with Gasteiger partial charge in [-0.25, -0.2) is 9.59 Å². The van der Waals surface area contributed by atoms with E-state index in [1.807, 2.05) is 0 Å². The van der Waals surface area contributed by atoms with Gasteiger partial charge >= 0.3 is 11.9 Å². The molecule has 0 saturated carbocycles. The van der Waals surface area contributed by atoms with E-state index in [4.69, 9.17) is 4.74 Å². The van der Waals surface area contributed by atoms with Crippen molar-refractivity contribution < 1.29 is 33.4 Å². The van der Waals surface area contributed by atoms with Crippen LogP contribution in [0.1, 0.15) is 41.4 Å². The minimum atomic E-state index is -0.863. The number of fused-ring (bicyclic) bond motifs is 1. The normalized spacial score (nSPS) is 12.4. The zero-order valence-electron chi connectivity index (χ0n) is 15.6. The van der Waals surface area contributed by atoms with Crippen LogP contribution in [0.5, 0.6) is 0 Å². The van der Waals surface area contributed by atoms with E-state index in [1.165, 1.54) is 44.5 Å². The first-order valence-corrected chi connectivity index (χ1v) is 8.44. The van der Waals surface area contributed by atoms with Gasteiger partial charge in [0.2, 0.25) is 0 Å². The number of hydrogen-bond donors (Lipinski definition) is 1. The number of carbonyl (C=O) groups excluding carboxylic acids is 5. The SMILES string of the molecule is COC(=O)c1ccccc1C(=O)OCC(=O)Nc1ccc2c(c1)C(=O)N(C)C2=O. The van der Waals surface area contributed by atoms with Crippen molar-refractivity contribution in [2.24, 2.45) is 0 Å². The Labute approximate surface area is 165 Å². The van der Waals surface area contributed by atoms with Crippen LogP contribution in [0.3, 0.4) is 0 Å². The lowest BCUT2D eigenvalue weighted by molar-refractivity contribution is -0.119. The van der Waals surface area contributed by atoms with Crippen LogP contribution in [0.15, 0.2) is 42.5 Å². The number of methoxy groups -OCH3 is 1. The Bertz CT molecular complexity index is 1040. The van der Waals surface area contributed by atoms with Gasteiger partial charge in [0.15, 0.2) is 6.61 Å². The maximum atomic E-state index is 12.2. The van der Waals surface area contributed by atoms with Crippen molar-refractivity contribution in [3.63, 3.8) is 0 Å². The monoisotopic (exact) mass is 396 g/mol. The van der Waals surface area contributed by atoms with E-state index < -0.39 is 36.3 Å². The fourth-order valence-electron chi connectivity index (χ4n) is 2.79. The molecule has 0 unspecified atom stereocenters. The van der Waals surface area contributed by atoms with Gasteiger partial charge in [0, 0.05) is 12.7 Å². The van der Waals surface area contributed by atoms with E-state index in [9.17, 15) is 24.0 Å². The molecule has 1 aliphatic heterocycles. The summed E-state index contributed by atoms with van der Waals surface area (Å²) in [4.78, 5) is 60.9. The number of amides is 3. The average molecular weight is 396 g/mol. The number of esters is 2. The lowest BCUT2D eigenvalue weighted by Gasteiger charge is -2.09. The largest absolute Gasteiger partial charge is 0.465 e. The van der Waals surface area contributed by atoms with Crippen molar-refractivity contribution in [2.45, 2.75) is 0 Å². The second-order valence-corrected chi connectivity index (χ2v) is 6.09. The molecular formula is C20H16N2O7. The summed E-state index contributed by atoms with van der Waals surface area (Å²) < 4.78 is 9.57. The molecule has 1 N–H and O–H groups in total. The van der Waals surface area contributed by atoms with Crippen LogP contribution in [0.2, 0.25) is 0 Å². The highest BCUT2D eigenvalue weighted by molar-refractivity contribution is 6.21. The first-order chi connectivity index (χ1) is 13.8.